The molecule has 32 heavy (non-hydrogen) atoms. The van der Waals surface area contributed by atoms with E-state index >= 15 is 0 Å². The van der Waals surface area contributed by atoms with Crippen molar-refractivity contribution >= 4 is 22.6 Å². The van der Waals surface area contributed by atoms with Gasteiger partial charge in [0.1, 0.15) is 5.69 Å². The summed E-state index contributed by atoms with van der Waals surface area (Å²) in [6.07, 6.45) is 0. The Hall–Kier alpha value is -4.33. The van der Waals surface area contributed by atoms with E-state index < -0.39 is 5.91 Å². The maximum Gasteiger partial charge on any atom is 0.275 e. The molecule has 0 aliphatic carbocycles. The van der Waals surface area contributed by atoms with Crippen LogP contribution in [0.1, 0.15) is 10.4 Å². The van der Waals surface area contributed by atoms with Crippen molar-refractivity contribution < 1.29 is 19.0 Å². The average molecular weight is 431 g/mol. The molecule has 0 saturated heterocycles. The molecule has 0 aliphatic rings. The molecule has 3 aromatic carbocycles. The fourth-order valence-electron chi connectivity index (χ4n) is 3.42. The van der Waals surface area contributed by atoms with Gasteiger partial charge in [0, 0.05) is 11.1 Å². The van der Waals surface area contributed by atoms with Crippen molar-refractivity contribution in [2.45, 2.75) is 0 Å². The van der Waals surface area contributed by atoms with Crippen molar-refractivity contribution in [2.24, 2.45) is 0 Å². The molecule has 0 aliphatic heterocycles. The number of benzene rings is 3. The molecule has 2 N–H and O–H groups in total. The van der Waals surface area contributed by atoms with Crippen LogP contribution < -0.4 is 25.1 Å². The SMILES string of the molecule is COc1cc(C(=O)Nc2ccccc2-c2nc3ccccc3[nH]c2=O)cc(OC)c1OC. The molecule has 4 rings (SSSR count). The van der Waals surface area contributed by atoms with Crippen LogP contribution in [-0.4, -0.2) is 37.2 Å². The van der Waals surface area contributed by atoms with Crippen molar-refractivity contribution in [3.63, 3.8) is 0 Å². The first-order valence-corrected chi connectivity index (χ1v) is 9.75. The number of anilines is 1. The van der Waals surface area contributed by atoms with E-state index in [9.17, 15) is 9.59 Å². The minimum Gasteiger partial charge on any atom is -0.493 e. The number of fused-ring (bicyclic) bond motifs is 1. The van der Waals surface area contributed by atoms with Gasteiger partial charge in [-0.05, 0) is 30.3 Å². The Morgan fingerprint density at radius 2 is 1.56 bits per heavy atom. The molecule has 1 heterocycles. The number of hydrogen-bond donors (Lipinski definition) is 2. The normalized spacial score (nSPS) is 10.6. The van der Waals surface area contributed by atoms with E-state index in [1.165, 1.54) is 21.3 Å². The quantitative estimate of drug-likeness (QED) is 0.481. The van der Waals surface area contributed by atoms with Gasteiger partial charge in [-0.15, -0.1) is 0 Å². The summed E-state index contributed by atoms with van der Waals surface area (Å²) in [6, 6.07) is 17.4. The zero-order chi connectivity index (χ0) is 22.7. The molecule has 4 aromatic rings. The first kappa shape index (κ1) is 20.9. The molecule has 8 nitrogen and oxygen atoms in total. The van der Waals surface area contributed by atoms with Gasteiger partial charge in [-0.2, -0.15) is 0 Å². The molecule has 0 unspecified atom stereocenters. The summed E-state index contributed by atoms with van der Waals surface area (Å²) in [5.41, 5.74) is 2.39. The van der Waals surface area contributed by atoms with E-state index in [0.29, 0.717) is 45.1 Å². The smallest absolute Gasteiger partial charge is 0.275 e. The number of carbonyl (C=O) groups excluding carboxylic acids is 1. The van der Waals surface area contributed by atoms with Crippen LogP contribution in [0.3, 0.4) is 0 Å². The van der Waals surface area contributed by atoms with Gasteiger partial charge in [-0.25, -0.2) is 4.98 Å². The summed E-state index contributed by atoms with van der Waals surface area (Å²) in [5.74, 6) is 0.698. The maximum absolute atomic E-state index is 13.1. The summed E-state index contributed by atoms with van der Waals surface area (Å²) in [7, 11) is 4.45. The largest absolute Gasteiger partial charge is 0.493 e. The first-order valence-electron chi connectivity index (χ1n) is 9.75. The van der Waals surface area contributed by atoms with Gasteiger partial charge in [0.25, 0.3) is 11.5 Å². The predicted molar refractivity (Wildman–Crippen MR) is 122 cm³/mol. The van der Waals surface area contributed by atoms with Gasteiger partial charge < -0.3 is 24.5 Å². The number of methoxy groups -OCH3 is 3. The Labute approximate surface area is 183 Å². The van der Waals surface area contributed by atoms with Gasteiger partial charge in [0.2, 0.25) is 5.75 Å². The van der Waals surface area contributed by atoms with Crippen LogP contribution in [-0.2, 0) is 0 Å². The molecule has 0 bridgehead atoms. The average Bonchev–Trinajstić information content (AvgIpc) is 2.83. The number of H-pyrrole nitrogens is 1. The standard InChI is InChI=1S/C24H21N3O5/c1-30-19-12-14(13-20(31-2)22(19)32-3)23(28)26-16-9-5-4-8-15(16)21-24(29)27-18-11-7-6-10-17(18)25-21/h4-13H,1-3H3,(H,26,28)(H,27,29). The second-order valence-electron chi connectivity index (χ2n) is 6.85. The molecule has 8 heteroatoms. The summed E-state index contributed by atoms with van der Waals surface area (Å²) in [5, 5.41) is 2.86. The summed E-state index contributed by atoms with van der Waals surface area (Å²) >= 11 is 0. The predicted octanol–water partition coefficient (Wildman–Crippen LogP) is 3.87. The van der Waals surface area contributed by atoms with Crippen molar-refractivity contribution in [2.75, 3.05) is 26.6 Å². The van der Waals surface area contributed by atoms with E-state index in [4.69, 9.17) is 14.2 Å². The first-order chi connectivity index (χ1) is 15.5. The van der Waals surface area contributed by atoms with Crippen LogP contribution in [0.4, 0.5) is 5.69 Å². The second-order valence-corrected chi connectivity index (χ2v) is 6.85. The monoisotopic (exact) mass is 431 g/mol. The number of amides is 1. The van der Waals surface area contributed by atoms with Crippen LogP contribution in [0.25, 0.3) is 22.3 Å². The second kappa shape index (κ2) is 8.81. The Morgan fingerprint density at radius 1 is 0.906 bits per heavy atom. The minimum atomic E-state index is -0.408. The fourth-order valence-corrected chi connectivity index (χ4v) is 3.42. The lowest BCUT2D eigenvalue weighted by molar-refractivity contribution is 0.102. The molecule has 0 spiro atoms. The van der Waals surface area contributed by atoms with E-state index in [-0.39, 0.29) is 11.3 Å². The Morgan fingerprint density at radius 3 is 2.25 bits per heavy atom. The highest BCUT2D eigenvalue weighted by atomic mass is 16.5. The molecule has 0 atom stereocenters. The third-order valence-electron chi connectivity index (χ3n) is 4.96. The molecule has 0 radical (unpaired) electrons. The van der Waals surface area contributed by atoms with Gasteiger partial charge in [0.15, 0.2) is 11.5 Å². The van der Waals surface area contributed by atoms with Crippen LogP contribution in [0.5, 0.6) is 17.2 Å². The summed E-state index contributed by atoms with van der Waals surface area (Å²) in [6.45, 7) is 0. The van der Waals surface area contributed by atoms with Crippen LogP contribution in [0.2, 0.25) is 0 Å². The van der Waals surface area contributed by atoms with Crippen molar-refractivity contribution in [3.05, 3.63) is 76.6 Å². The molecule has 1 amide bonds. The number of carbonyl (C=O) groups is 1. The van der Waals surface area contributed by atoms with E-state index in [0.717, 1.165) is 0 Å². The number of nitrogens with zero attached hydrogens (tertiary/aromatic N) is 1. The third-order valence-corrected chi connectivity index (χ3v) is 4.96. The number of aromatic amines is 1. The molecule has 0 saturated carbocycles. The highest BCUT2D eigenvalue weighted by Crippen LogP contribution is 2.38. The lowest BCUT2D eigenvalue weighted by atomic mass is 10.1. The van der Waals surface area contributed by atoms with Gasteiger partial charge in [-0.1, -0.05) is 30.3 Å². The zero-order valence-corrected chi connectivity index (χ0v) is 17.8. The fraction of sp³-hybridized carbons (Fsp3) is 0.125. The van der Waals surface area contributed by atoms with Crippen LogP contribution >= 0.6 is 0 Å². The lowest BCUT2D eigenvalue weighted by Crippen LogP contribution is -2.16. The van der Waals surface area contributed by atoms with Crippen molar-refractivity contribution in [1.82, 2.24) is 9.97 Å². The van der Waals surface area contributed by atoms with E-state index in [1.807, 2.05) is 18.2 Å². The molecule has 0 fully saturated rings. The Bertz CT molecular complexity index is 1340. The van der Waals surface area contributed by atoms with Gasteiger partial charge in [-0.3, -0.25) is 9.59 Å². The van der Waals surface area contributed by atoms with E-state index in [2.05, 4.69) is 15.3 Å². The minimum absolute atomic E-state index is 0.212. The molecular formula is C24H21N3O5. The number of para-hydroxylation sites is 3. The summed E-state index contributed by atoms with van der Waals surface area (Å²) in [4.78, 5) is 33.1. The molecular weight excluding hydrogens is 410 g/mol. The Kier molecular flexibility index (Phi) is 5.76. The molecule has 162 valence electrons. The maximum atomic E-state index is 13.1. The number of rotatable bonds is 6. The highest BCUT2D eigenvalue weighted by molar-refractivity contribution is 6.07. The number of hydrogen-bond acceptors (Lipinski definition) is 6. The zero-order valence-electron chi connectivity index (χ0n) is 17.8. The van der Waals surface area contributed by atoms with Gasteiger partial charge >= 0.3 is 0 Å². The van der Waals surface area contributed by atoms with E-state index in [1.54, 1.807) is 42.5 Å². The van der Waals surface area contributed by atoms with Crippen molar-refractivity contribution in [1.29, 1.82) is 0 Å². The number of nitrogens with one attached hydrogen (secondary N) is 2. The molecule has 1 aromatic heterocycles. The number of aromatic nitrogens is 2. The van der Waals surface area contributed by atoms with Crippen LogP contribution in [0.15, 0.2) is 65.5 Å². The lowest BCUT2D eigenvalue weighted by Gasteiger charge is -2.15. The third kappa shape index (κ3) is 3.85. The Balaban J connectivity index is 1.74. The van der Waals surface area contributed by atoms with Gasteiger partial charge in [0.05, 0.1) is 38.1 Å². The number of ether oxygens (including phenoxy) is 3. The highest BCUT2D eigenvalue weighted by Gasteiger charge is 2.19. The van der Waals surface area contributed by atoms with Crippen LogP contribution in [0, 0.1) is 0 Å². The summed E-state index contributed by atoms with van der Waals surface area (Å²) < 4.78 is 16.0. The topological polar surface area (TPSA) is 103 Å². The van der Waals surface area contributed by atoms with Crippen molar-refractivity contribution in [3.8, 4) is 28.5 Å².